The fourth-order valence-electron chi connectivity index (χ4n) is 3.28. The van der Waals surface area contributed by atoms with Crippen LogP contribution in [0.5, 0.6) is 0 Å². The highest BCUT2D eigenvalue weighted by molar-refractivity contribution is 6.06. The van der Waals surface area contributed by atoms with Gasteiger partial charge in [-0.05, 0) is 37.5 Å². The van der Waals surface area contributed by atoms with Gasteiger partial charge in [-0.2, -0.15) is 5.10 Å². The number of aromatic nitrogens is 4. The van der Waals surface area contributed by atoms with Crippen LogP contribution in [0.4, 0.5) is 0 Å². The second-order valence-corrected chi connectivity index (χ2v) is 5.76. The van der Waals surface area contributed by atoms with Gasteiger partial charge in [-0.3, -0.25) is 14.9 Å². The molecule has 0 bridgehead atoms. The van der Waals surface area contributed by atoms with E-state index in [2.05, 4.69) is 20.2 Å². The third-order valence-corrected chi connectivity index (χ3v) is 4.39. The Morgan fingerprint density at radius 2 is 2.13 bits per heavy atom. The maximum absolute atomic E-state index is 13.2. The normalized spacial score (nSPS) is 18.3. The highest BCUT2D eigenvalue weighted by Gasteiger charge is 2.31. The van der Waals surface area contributed by atoms with E-state index in [1.807, 2.05) is 35.2 Å². The molecule has 116 valence electrons. The largest absolute Gasteiger partial charge is 0.328 e. The molecule has 0 radical (unpaired) electrons. The number of nitrogens with zero attached hydrogens (tertiary/aromatic N) is 4. The minimum absolute atomic E-state index is 0.0321. The van der Waals surface area contributed by atoms with Gasteiger partial charge in [-0.25, -0.2) is 4.98 Å². The molecule has 1 saturated heterocycles. The van der Waals surface area contributed by atoms with Gasteiger partial charge in [0, 0.05) is 23.7 Å². The minimum Gasteiger partial charge on any atom is -0.328 e. The lowest BCUT2D eigenvalue weighted by Gasteiger charge is -2.34. The summed E-state index contributed by atoms with van der Waals surface area (Å²) in [6.45, 7) is 0.737. The van der Waals surface area contributed by atoms with E-state index in [4.69, 9.17) is 0 Å². The second-order valence-electron chi connectivity index (χ2n) is 5.76. The lowest BCUT2D eigenvalue weighted by molar-refractivity contribution is 0.0602. The van der Waals surface area contributed by atoms with Crippen LogP contribution < -0.4 is 0 Å². The molecule has 23 heavy (non-hydrogen) atoms. The summed E-state index contributed by atoms with van der Waals surface area (Å²) in [5.41, 5.74) is 1.54. The van der Waals surface area contributed by atoms with E-state index in [1.165, 1.54) is 6.33 Å². The topological polar surface area (TPSA) is 74.8 Å². The lowest BCUT2D eigenvalue weighted by atomic mass is 9.99. The highest BCUT2D eigenvalue weighted by Crippen LogP contribution is 2.31. The zero-order chi connectivity index (χ0) is 15.6. The van der Waals surface area contributed by atoms with E-state index in [1.54, 1.807) is 6.20 Å². The number of carbonyl (C=O) groups is 1. The van der Waals surface area contributed by atoms with E-state index in [-0.39, 0.29) is 11.9 Å². The molecule has 1 atom stereocenters. The molecule has 1 fully saturated rings. The van der Waals surface area contributed by atoms with E-state index >= 15 is 0 Å². The average molecular weight is 307 g/mol. The van der Waals surface area contributed by atoms with Crippen LogP contribution in [0.25, 0.3) is 10.9 Å². The Labute approximate surface area is 133 Å². The van der Waals surface area contributed by atoms with Gasteiger partial charge in [0.1, 0.15) is 12.2 Å². The van der Waals surface area contributed by atoms with Gasteiger partial charge >= 0.3 is 0 Å². The predicted octanol–water partition coefficient (Wildman–Crippen LogP) is 2.72. The van der Waals surface area contributed by atoms with Crippen molar-refractivity contribution in [1.29, 1.82) is 0 Å². The molecule has 0 aliphatic carbocycles. The highest BCUT2D eigenvalue weighted by atomic mass is 16.2. The molecule has 1 aliphatic rings. The van der Waals surface area contributed by atoms with Crippen molar-refractivity contribution >= 4 is 16.8 Å². The van der Waals surface area contributed by atoms with Crippen molar-refractivity contribution in [1.82, 2.24) is 25.1 Å². The van der Waals surface area contributed by atoms with Gasteiger partial charge in [0.15, 0.2) is 0 Å². The minimum atomic E-state index is -0.0364. The van der Waals surface area contributed by atoms with Gasteiger partial charge in [0.05, 0.1) is 11.6 Å². The van der Waals surface area contributed by atoms with Gasteiger partial charge in [-0.15, -0.1) is 0 Å². The quantitative estimate of drug-likeness (QED) is 0.790. The summed E-state index contributed by atoms with van der Waals surface area (Å²) in [6.07, 6.45) is 6.25. The number of rotatable bonds is 2. The molecule has 1 N–H and O–H groups in total. The van der Waals surface area contributed by atoms with Crippen LogP contribution in [-0.2, 0) is 0 Å². The third-order valence-electron chi connectivity index (χ3n) is 4.39. The fraction of sp³-hybridized carbons (Fsp3) is 0.294. The number of fused-ring (bicyclic) bond motifs is 1. The summed E-state index contributed by atoms with van der Waals surface area (Å²) >= 11 is 0. The van der Waals surface area contributed by atoms with Crippen LogP contribution >= 0.6 is 0 Å². The standard InChI is InChI=1S/C17H17N5O/c23-17(13-5-3-7-14-12(13)6-4-9-18-14)22-10-2-1-8-15(22)16-19-11-20-21-16/h3-7,9,11,15H,1-2,8,10H2,(H,19,20,21)/t15-/m0/s1. The lowest BCUT2D eigenvalue weighted by Crippen LogP contribution is -2.39. The number of carbonyl (C=O) groups excluding carboxylic acids is 1. The Kier molecular flexibility index (Phi) is 3.49. The van der Waals surface area contributed by atoms with Crippen LogP contribution in [0.2, 0.25) is 0 Å². The molecule has 1 aliphatic heterocycles. The molecule has 1 aromatic carbocycles. The van der Waals surface area contributed by atoms with Crippen molar-refractivity contribution in [2.24, 2.45) is 0 Å². The van der Waals surface area contributed by atoms with Crippen molar-refractivity contribution in [2.75, 3.05) is 6.54 Å². The first-order chi connectivity index (χ1) is 11.3. The number of piperidine rings is 1. The molecule has 1 amide bonds. The van der Waals surface area contributed by atoms with Crippen molar-refractivity contribution < 1.29 is 4.79 Å². The van der Waals surface area contributed by atoms with Crippen molar-refractivity contribution in [2.45, 2.75) is 25.3 Å². The van der Waals surface area contributed by atoms with Gasteiger partial charge in [0.25, 0.3) is 5.91 Å². The summed E-state index contributed by atoms with van der Waals surface area (Å²) in [7, 11) is 0. The SMILES string of the molecule is O=C(c1cccc2ncccc12)N1CCCC[C@H]1c1ncn[nH]1. The summed E-state index contributed by atoms with van der Waals surface area (Å²) < 4.78 is 0. The second kappa shape index (κ2) is 5.79. The zero-order valence-electron chi connectivity index (χ0n) is 12.6. The summed E-state index contributed by atoms with van der Waals surface area (Å²) in [5.74, 6) is 0.793. The maximum Gasteiger partial charge on any atom is 0.255 e. The Morgan fingerprint density at radius 3 is 3.00 bits per heavy atom. The molecule has 0 unspecified atom stereocenters. The van der Waals surface area contributed by atoms with Crippen LogP contribution in [0, 0.1) is 0 Å². The predicted molar refractivity (Wildman–Crippen MR) is 85.8 cm³/mol. The average Bonchev–Trinajstić information content (AvgIpc) is 3.15. The Morgan fingerprint density at radius 1 is 1.17 bits per heavy atom. The van der Waals surface area contributed by atoms with E-state index < -0.39 is 0 Å². The number of benzene rings is 1. The molecule has 4 rings (SSSR count). The molecule has 6 heteroatoms. The van der Waals surface area contributed by atoms with Gasteiger partial charge in [-0.1, -0.05) is 12.1 Å². The van der Waals surface area contributed by atoms with Crippen LogP contribution in [0.3, 0.4) is 0 Å². The molecule has 3 aromatic rings. The number of hydrogen-bond acceptors (Lipinski definition) is 4. The Balaban J connectivity index is 1.74. The number of nitrogens with one attached hydrogen (secondary N) is 1. The fourth-order valence-corrected chi connectivity index (χ4v) is 3.28. The van der Waals surface area contributed by atoms with Crippen molar-refractivity contribution in [3.8, 4) is 0 Å². The van der Waals surface area contributed by atoms with E-state index in [9.17, 15) is 4.79 Å². The Bertz CT molecular complexity index is 825. The first kappa shape index (κ1) is 13.9. The molecular weight excluding hydrogens is 290 g/mol. The zero-order valence-corrected chi connectivity index (χ0v) is 12.6. The first-order valence-corrected chi connectivity index (χ1v) is 7.84. The monoisotopic (exact) mass is 307 g/mol. The van der Waals surface area contributed by atoms with Crippen molar-refractivity contribution in [3.05, 3.63) is 54.2 Å². The smallest absolute Gasteiger partial charge is 0.255 e. The number of pyridine rings is 1. The van der Waals surface area contributed by atoms with Gasteiger partial charge in [0.2, 0.25) is 0 Å². The molecule has 6 nitrogen and oxygen atoms in total. The number of aromatic amines is 1. The van der Waals surface area contributed by atoms with Crippen molar-refractivity contribution in [3.63, 3.8) is 0 Å². The third kappa shape index (κ3) is 2.46. The number of H-pyrrole nitrogens is 1. The molecule has 0 spiro atoms. The van der Waals surface area contributed by atoms with E-state index in [0.717, 1.165) is 42.5 Å². The summed E-state index contributed by atoms with van der Waals surface area (Å²) in [5, 5.41) is 7.73. The Hall–Kier alpha value is -2.76. The first-order valence-electron chi connectivity index (χ1n) is 7.84. The summed E-state index contributed by atoms with van der Waals surface area (Å²) in [6, 6.07) is 9.46. The summed E-state index contributed by atoms with van der Waals surface area (Å²) in [4.78, 5) is 23.7. The molecule has 0 saturated carbocycles. The van der Waals surface area contributed by atoms with Crippen LogP contribution in [-0.4, -0.2) is 37.5 Å². The number of amides is 1. The van der Waals surface area contributed by atoms with E-state index in [0.29, 0.717) is 5.56 Å². The maximum atomic E-state index is 13.2. The van der Waals surface area contributed by atoms with Crippen LogP contribution in [0.15, 0.2) is 42.9 Å². The molecule has 3 heterocycles. The molecular formula is C17H17N5O. The number of hydrogen-bond donors (Lipinski definition) is 1. The molecule has 2 aromatic heterocycles. The van der Waals surface area contributed by atoms with Gasteiger partial charge < -0.3 is 4.90 Å². The van der Waals surface area contributed by atoms with Crippen LogP contribution in [0.1, 0.15) is 41.5 Å². The number of likely N-dealkylation sites (tertiary alicyclic amines) is 1.